The fraction of sp³-hybridized carbons (Fsp3) is 0.194. The van der Waals surface area contributed by atoms with Crippen molar-refractivity contribution in [2.24, 2.45) is 0 Å². The monoisotopic (exact) mass is 463 g/mol. The highest BCUT2D eigenvalue weighted by Crippen LogP contribution is 2.30. The normalized spacial score (nSPS) is 12.1. The van der Waals surface area contributed by atoms with Crippen LogP contribution in [0.3, 0.4) is 0 Å². The summed E-state index contributed by atoms with van der Waals surface area (Å²) in [5.74, 6) is 0.116. The van der Waals surface area contributed by atoms with Gasteiger partial charge in [0.2, 0.25) is 5.91 Å². The molecule has 2 nitrogen and oxygen atoms in total. The zero-order valence-electron chi connectivity index (χ0n) is 19.9. The van der Waals surface area contributed by atoms with Crippen molar-refractivity contribution in [3.63, 3.8) is 0 Å². The average Bonchev–Trinajstić information content (AvgIpc) is 2.90. The largest absolute Gasteiger partial charge is 0.326 e. The van der Waals surface area contributed by atoms with Gasteiger partial charge in [-0.05, 0) is 34.1 Å². The first-order valence-corrected chi connectivity index (χ1v) is 14.4. The van der Waals surface area contributed by atoms with Crippen LogP contribution >= 0.6 is 0 Å². The molecule has 0 saturated heterocycles. The molecule has 1 amide bonds. The Morgan fingerprint density at radius 1 is 0.647 bits per heavy atom. The van der Waals surface area contributed by atoms with E-state index in [9.17, 15) is 4.79 Å². The van der Waals surface area contributed by atoms with Gasteiger partial charge in [-0.2, -0.15) is 0 Å². The minimum absolute atomic E-state index is 0.116. The molecule has 172 valence electrons. The molecule has 0 saturated carbocycles. The Labute approximate surface area is 204 Å². The Morgan fingerprint density at radius 2 is 1.06 bits per heavy atom. The van der Waals surface area contributed by atoms with Gasteiger partial charge in [-0.1, -0.05) is 135 Å². The van der Waals surface area contributed by atoms with Gasteiger partial charge in [0.1, 0.15) is 0 Å². The molecule has 0 aromatic heterocycles. The van der Waals surface area contributed by atoms with E-state index in [1.807, 2.05) is 30.3 Å². The van der Waals surface area contributed by atoms with E-state index in [0.717, 1.165) is 31.4 Å². The van der Waals surface area contributed by atoms with Gasteiger partial charge in [0.05, 0.1) is 0 Å². The van der Waals surface area contributed by atoms with E-state index in [2.05, 4.69) is 103 Å². The number of para-hydroxylation sites is 1. The molecular formula is C31H33NOSi. The number of amides is 1. The molecule has 1 atom stereocenters. The Kier molecular flexibility index (Phi) is 8.11. The predicted molar refractivity (Wildman–Crippen MR) is 147 cm³/mol. The molecule has 1 N–H and O–H groups in total. The minimum atomic E-state index is -2.73. The number of anilines is 1. The standard InChI is InChI=1S/C31H33NOSi/c1-2-3-8-25-30(31(33)32-26-17-9-4-10-18-26)34(27-19-11-5-12-20-27,28-21-13-6-14-22-28)29-23-15-7-16-24-29/h4-7,9-24,30H,2-3,8,25H2,1H3,(H,32,33). The average molecular weight is 464 g/mol. The van der Waals surface area contributed by atoms with Gasteiger partial charge in [-0.3, -0.25) is 4.79 Å². The lowest BCUT2D eigenvalue weighted by Gasteiger charge is -2.40. The van der Waals surface area contributed by atoms with Crippen molar-refractivity contribution in [3.05, 3.63) is 121 Å². The summed E-state index contributed by atoms with van der Waals surface area (Å²) in [5.41, 5.74) is 0.705. The van der Waals surface area contributed by atoms with Crippen LogP contribution in [-0.4, -0.2) is 14.0 Å². The SMILES string of the molecule is CCCCCC(C(=O)Nc1ccccc1)[Si](c1ccccc1)(c1ccccc1)c1ccccc1. The Balaban J connectivity index is 1.95. The van der Waals surface area contributed by atoms with Crippen molar-refractivity contribution in [1.82, 2.24) is 0 Å². The highest BCUT2D eigenvalue weighted by Gasteiger charge is 2.49. The first-order valence-electron chi connectivity index (χ1n) is 12.3. The van der Waals surface area contributed by atoms with Gasteiger partial charge in [-0.15, -0.1) is 0 Å². The molecule has 4 aromatic rings. The van der Waals surface area contributed by atoms with Crippen molar-refractivity contribution in [3.8, 4) is 0 Å². The first kappa shape index (κ1) is 23.7. The second kappa shape index (κ2) is 11.6. The van der Waals surface area contributed by atoms with Gasteiger partial charge >= 0.3 is 0 Å². The summed E-state index contributed by atoms with van der Waals surface area (Å²) in [7, 11) is -2.73. The van der Waals surface area contributed by atoms with Crippen LogP contribution in [0.15, 0.2) is 121 Å². The third kappa shape index (κ3) is 5.05. The molecule has 0 aliphatic carbocycles. The molecule has 0 spiro atoms. The molecule has 0 heterocycles. The van der Waals surface area contributed by atoms with E-state index in [1.54, 1.807) is 0 Å². The van der Waals surface area contributed by atoms with Crippen LogP contribution in [0.4, 0.5) is 5.69 Å². The summed E-state index contributed by atoms with van der Waals surface area (Å²) >= 11 is 0. The van der Waals surface area contributed by atoms with E-state index in [-0.39, 0.29) is 11.4 Å². The second-order valence-electron chi connectivity index (χ2n) is 8.81. The van der Waals surface area contributed by atoms with Crippen LogP contribution < -0.4 is 20.9 Å². The molecule has 0 bridgehead atoms. The molecular weight excluding hydrogens is 430 g/mol. The highest BCUT2D eigenvalue weighted by molar-refractivity contribution is 7.14. The van der Waals surface area contributed by atoms with E-state index in [4.69, 9.17) is 0 Å². The Bertz CT molecular complexity index is 1050. The van der Waals surface area contributed by atoms with Crippen LogP contribution in [-0.2, 0) is 4.79 Å². The maximum atomic E-state index is 14.2. The van der Waals surface area contributed by atoms with Gasteiger partial charge in [0.15, 0.2) is 8.07 Å². The maximum Gasteiger partial charge on any atom is 0.225 e. The molecule has 0 fully saturated rings. The van der Waals surface area contributed by atoms with E-state index in [0.29, 0.717) is 0 Å². The van der Waals surface area contributed by atoms with Gasteiger partial charge in [0.25, 0.3) is 0 Å². The predicted octanol–water partition coefficient (Wildman–Crippen LogP) is 5.75. The third-order valence-corrected chi connectivity index (χ3v) is 12.0. The Morgan fingerprint density at radius 3 is 1.47 bits per heavy atom. The fourth-order valence-corrected chi connectivity index (χ4v) is 10.6. The number of benzene rings is 4. The summed E-state index contributed by atoms with van der Waals surface area (Å²) in [6, 6.07) is 42.1. The summed E-state index contributed by atoms with van der Waals surface area (Å²) in [6.07, 6.45) is 4.14. The molecule has 0 aliphatic rings. The molecule has 3 heteroatoms. The summed E-state index contributed by atoms with van der Waals surface area (Å²) in [4.78, 5) is 14.2. The summed E-state index contributed by atoms with van der Waals surface area (Å²) in [5, 5.41) is 7.10. The van der Waals surface area contributed by atoms with Crippen LogP contribution in [0, 0.1) is 0 Å². The quantitative estimate of drug-likeness (QED) is 0.181. The number of carbonyl (C=O) groups excluding carboxylic acids is 1. The third-order valence-electron chi connectivity index (χ3n) is 6.66. The minimum Gasteiger partial charge on any atom is -0.326 e. The van der Waals surface area contributed by atoms with Crippen LogP contribution in [0.5, 0.6) is 0 Å². The van der Waals surface area contributed by atoms with Crippen LogP contribution in [0.2, 0.25) is 5.54 Å². The smallest absolute Gasteiger partial charge is 0.225 e. The maximum absolute atomic E-state index is 14.2. The van der Waals surface area contributed by atoms with Gasteiger partial charge < -0.3 is 5.32 Å². The number of unbranched alkanes of at least 4 members (excludes halogenated alkanes) is 2. The number of carbonyl (C=O) groups is 1. The zero-order valence-corrected chi connectivity index (χ0v) is 20.9. The second-order valence-corrected chi connectivity index (χ2v) is 12.9. The summed E-state index contributed by atoms with van der Waals surface area (Å²) < 4.78 is 0. The highest BCUT2D eigenvalue weighted by atomic mass is 28.3. The number of nitrogens with one attached hydrogen (secondary N) is 1. The van der Waals surface area contributed by atoms with Crippen molar-refractivity contribution in [1.29, 1.82) is 0 Å². The summed E-state index contributed by atoms with van der Waals surface area (Å²) in [6.45, 7) is 2.22. The first-order chi connectivity index (χ1) is 16.8. The fourth-order valence-electron chi connectivity index (χ4n) is 5.10. The molecule has 0 aliphatic heterocycles. The van der Waals surface area contributed by atoms with Crippen molar-refractivity contribution in [2.45, 2.75) is 38.1 Å². The van der Waals surface area contributed by atoms with Crippen molar-refractivity contribution < 1.29 is 4.79 Å². The topological polar surface area (TPSA) is 29.1 Å². The lowest BCUT2D eigenvalue weighted by Crippen LogP contribution is -2.71. The van der Waals surface area contributed by atoms with E-state index >= 15 is 0 Å². The van der Waals surface area contributed by atoms with E-state index < -0.39 is 8.07 Å². The Hall–Kier alpha value is -3.43. The molecule has 4 aromatic carbocycles. The molecule has 0 radical (unpaired) electrons. The van der Waals surface area contributed by atoms with Gasteiger partial charge in [0, 0.05) is 11.2 Å². The number of hydrogen-bond donors (Lipinski definition) is 1. The van der Waals surface area contributed by atoms with Gasteiger partial charge in [-0.25, -0.2) is 0 Å². The number of hydrogen-bond acceptors (Lipinski definition) is 1. The van der Waals surface area contributed by atoms with E-state index in [1.165, 1.54) is 15.6 Å². The van der Waals surface area contributed by atoms with Crippen molar-refractivity contribution in [2.75, 3.05) is 5.32 Å². The van der Waals surface area contributed by atoms with Crippen LogP contribution in [0.1, 0.15) is 32.6 Å². The zero-order chi connectivity index (χ0) is 23.6. The van der Waals surface area contributed by atoms with Crippen LogP contribution in [0.25, 0.3) is 0 Å². The molecule has 4 rings (SSSR count). The van der Waals surface area contributed by atoms with Crippen molar-refractivity contribution >= 4 is 35.2 Å². The molecule has 34 heavy (non-hydrogen) atoms. The lowest BCUT2D eigenvalue weighted by molar-refractivity contribution is -0.116. The number of rotatable bonds is 10. The molecule has 1 unspecified atom stereocenters. The lowest BCUT2D eigenvalue weighted by atomic mass is 10.1.